The quantitative estimate of drug-likeness (QED) is 0.541. The fourth-order valence-electron chi connectivity index (χ4n) is 3.12. The van der Waals surface area contributed by atoms with Gasteiger partial charge in [-0.15, -0.1) is 0 Å². The van der Waals surface area contributed by atoms with Crippen molar-refractivity contribution < 1.29 is 9.53 Å². The maximum atomic E-state index is 12.1. The predicted molar refractivity (Wildman–Crippen MR) is 114 cm³/mol. The zero-order valence-corrected chi connectivity index (χ0v) is 16.4. The molecule has 0 aliphatic heterocycles. The monoisotopic (exact) mass is 374 g/mol. The molecule has 0 spiro atoms. The number of carbonyl (C=O) groups excluding carboxylic acids is 1. The molecule has 4 nitrogen and oxygen atoms in total. The number of anilines is 1. The Morgan fingerprint density at radius 1 is 1.04 bits per heavy atom. The minimum absolute atomic E-state index is 0.232. The van der Waals surface area contributed by atoms with Crippen LogP contribution < -0.4 is 4.90 Å². The van der Waals surface area contributed by atoms with Gasteiger partial charge in [-0.05, 0) is 35.4 Å². The Bertz CT molecular complexity index is 884. The molecule has 4 heteroatoms. The largest absolute Gasteiger partial charge is 0.467 e. The number of carbonyl (C=O) groups is 1. The lowest BCUT2D eigenvalue weighted by molar-refractivity contribution is -0.144. The van der Waals surface area contributed by atoms with E-state index in [0.29, 0.717) is 6.42 Å². The molecule has 28 heavy (non-hydrogen) atoms. The molecule has 0 saturated carbocycles. The number of nitrogens with zero attached hydrogens (tertiary/aromatic N) is 2. The molecule has 0 radical (unpaired) electrons. The molecule has 2 aromatic carbocycles. The van der Waals surface area contributed by atoms with Crippen molar-refractivity contribution in [3.63, 3.8) is 0 Å². The fourth-order valence-corrected chi connectivity index (χ4v) is 3.12. The molecule has 0 aliphatic rings. The topological polar surface area (TPSA) is 34.5 Å². The lowest BCUT2D eigenvalue weighted by Crippen LogP contribution is -2.22. The van der Waals surface area contributed by atoms with E-state index >= 15 is 0 Å². The van der Waals surface area contributed by atoms with Gasteiger partial charge in [-0.2, -0.15) is 0 Å². The van der Waals surface area contributed by atoms with Gasteiger partial charge in [0.2, 0.25) is 0 Å². The summed E-state index contributed by atoms with van der Waals surface area (Å²) in [7, 11) is 3.51. The molecule has 1 aromatic heterocycles. The maximum Gasteiger partial charge on any atom is 0.329 e. The Labute approximate surface area is 166 Å². The van der Waals surface area contributed by atoms with Crippen LogP contribution in [0.2, 0.25) is 0 Å². The number of aromatic nitrogens is 1. The average Bonchev–Trinajstić information content (AvgIpc) is 3.27. The summed E-state index contributed by atoms with van der Waals surface area (Å²) in [5, 5.41) is 0. The first kappa shape index (κ1) is 19.5. The molecule has 0 fully saturated rings. The van der Waals surface area contributed by atoms with E-state index in [4.69, 9.17) is 4.74 Å². The summed E-state index contributed by atoms with van der Waals surface area (Å²) >= 11 is 0. The highest BCUT2D eigenvalue weighted by atomic mass is 16.5. The molecule has 0 saturated heterocycles. The Morgan fingerprint density at radius 2 is 1.71 bits per heavy atom. The third-order valence-corrected chi connectivity index (χ3v) is 4.76. The molecule has 0 bridgehead atoms. The van der Waals surface area contributed by atoms with Gasteiger partial charge in [0.05, 0.1) is 7.11 Å². The van der Waals surface area contributed by atoms with Gasteiger partial charge in [-0.25, -0.2) is 4.79 Å². The van der Waals surface area contributed by atoms with Crippen molar-refractivity contribution >= 4 is 17.7 Å². The summed E-state index contributed by atoms with van der Waals surface area (Å²) in [6, 6.07) is 22.1. The lowest BCUT2D eigenvalue weighted by atomic mass is 10.0. The molecule has 0 aliphatic carbocycles. The molecule has 0 amide bonds. The van der Waals surface area contributed by atoms with E-state index in [1.54, 1.807) is 0 Å². The minimum Gasteiger partial charge on any atom is -0.467 e. The van der Waals surface area contributed by atoms with Crippen LogP contribution in [-0.4, -0.2) is 31.2 Å². The van der Waals surface area contributed by atoms with Crippen LogP contribution in [0.1, 0.15) is 17.2 Å². The summed E-state index contributed by atoms with van der Waals surface area (Å²) in [5.41, 5.74) is 3.44. The molecule has 3 aromatic rings. The second kappa shape index (κ2) is 9.60. The van der Waals surface area contributed by atoms with Gasteiger partial charge in [0.15, 0.2) is 0 Å². The number of likely N-dealkylation sites (N-methyl/N-ethyl adjacent to an activating group) is 1. The van der Waals surface area contributed by atoms with E-state index in [1.165, 1.54) is 12.8 Å². The molecule has 0 N–H and O–H groups in total. The Morgan fingerprint density at radius 3 is 2.36 bits per heavy atom. The molecule has 144 valence electrons. The summed E-state index contributed by atoms with van der Waals surface area (Å²) in [6.07, 6.45) is 8.65. The van der Waals surface area contributed by atoms with Crippen LogP contribution in [0.5, 0.6) is 0 Å². The normalized spacial score (nSPS) is 12.1. The molecule has 1 atom stereocenters. The Balaban J connectivity index is 1.60. The van der Waals surface area contributed by atoms with Gasteiger partial charge in [0, 0.05) is 38.1 Å². The third-order valence-electron chi connectivity index (χ3n) is 4.76. The van der Waals surface area contributed by atoms with Gasteiger partial charge in [-0.1, -0.05) is 54.6 Å². The average molecular weight is 374 g/mol. The highest BCUT2D eigenvalue weighted by Gasteiger charge is 2.20. The van der Waals surface area contributed by atoms with Gasteiger partial charge in [-0.3, -0.25) is 0 Å². The molecule has 0 unspecified atom stereocenters. The fraction of sp³-hybridized carbons (Fsp3) is 0.208. The second-order valence-corrected chi connectivity index (χ2v) is 6.73. The van der Waals surface area contributed by atoms with Crippen molar-refractivity contribution in [2.45, 2.75) is 12.5 Å². The van der Waals surface area contributed by atoms with Crippen molar-refractivity contribution in [3.8, 4) is 0 Å². The van der Waals surface area contributed by atoms with Gasteiger partial charge in [0.25, 0.3) is 0 Å². The van der Waals surface area contributed by atoms with Crippen LogP contribution in [0.15, 0.2) is 85.2 Å². The van der Waals surface area contributed by atoms with E-state index in [2.05, 4.69) is 60.5 Å². The van der Waals surface area contributed by atoms with E-state index in [-0.39, 0.29) is 12.0 Å². The summed E-state index contributed by atoms with van der Waals surface area (Å²) in [5.74, 6) is -0.232. The molecule has 1 heterocycles. The molecular formula is C24H26N2O2. The van der Waals surface area contributed by atoms with E-state index in [9.17, 15) is 4.79 Å². The van der Waals surface area contributed by atoms with Crippen molar-refractivity contribution in [2.24, 2.45) is 0 Å². The summed E-state index contributed by atoms with van der Waals surface area (Å²) in [6.45, 7) is 0.837. The third kappa shape index (κ3) is 5.13. The van der Waals surface area contributed by atoms with Crippen molar-refractivity contribution in [2.75, 3.05) is 25.6 Å². The van der Waals surface area contributed by atoms with Gasteiger partial charge in [0.1, 0.15) is 6.04 Å². The van der Waals surface area contributed by atoms with E-state index < -0.39 is 0 Å². The van der Waals surface area contributed by atoms with Gasteiger partial charge < -0.3 is 14.2 Å². The van der Waals surface area contributed by atoms with E-state index in [0.717, 1.165) is 17.7 Å². The number of ether oxygens (including phenoxy) is 1. The zero-order chi connectivity index (χ0) is 19.8. The first-order valence-corrected chi connectivity index (χ1v) is 9.39. The minimum atomic E-state index is -0.346. The van der Waals surface area contributed by atoms with E-state index in [1.807, 2.05) is 47.3 Å². The molecule has 3 rings (SSSR count). The molecular weight excluding hydrogens is 348 g/mol. The van der Waals surface area contributed by atoms with Crippen LogP contribution in [0.25, 0.3) is 6.08 Å². The Kier molecular flexibility index (Phi) is 6.68. The number of hydrogen-bond donors (Lipinski definition) is 0. The highest BCUT2D eigenvalue weighted by Crippen LogP contribution is 2.18. The number of hydrogen-bond acceptors (Lipinski definition) is 3. The summed E-state index contributed by atoms with van der Waals surface area (Å²) < 4.78 is 6.86. The van der Waals surface area contributed by atoms with Crippen LogP contribution in [0.3, 0.4) is 0 Å². The highest BCUT2D eigenvalue weighted by molar-refractivity contribution is 5.74. The number of esters is 1. The van der Waals surface area contributed by atoms with Gasteiger partial charge >= 0.3 is 5.97 Å². The van der Waals surface area contributed by atoms with Crippen LogP contribution in [0, 0.1) is 0 Å². The number of methoxy groups -OCH3 is 1. The second-order valence-electron chi connectivity index (χ2n) is 6.73. The van der Waals surface area contributed by atoms with Crippen molar-refractivity contribution in [1.82, 2.24) is 4.57 Å². The lowest BCUT2D eigenvalue weighted by Gasteiger charge is -2.17. The van der Waals surface area contributed by atoms with Crippen molar-refractivity contribution in [3.05, 3.63) is 96.3 Å². The first-order valence-electron chi connectivity index (χ1n) is 9.39. The zero-order valence-electron chi connectivity index (χ0n) is 16.4. The van der Waals surface area contributed by atoms with Crippen LogP contribution >= 0.6 is 0 Å². The first-order chi connectivity index (χ1) is 13.7. The predicted octanol–water partition coefficient (Wildman–Crippen LogP) is 4.59. The van der Waals surface area contributed by atoms with Crippen molar-refractivity contribution in [1.29, 1.82) is 0 Å². The maximum absolute atomic E-state index is 12.1. The summed E-state index contributed by atoms with van der Waals surface area (Å²) in [4.78, 5) is 14.3. The van der Waals surface area contributed by atoms with Crippen LogP contribution in [0.4, 0.5) is 5.69 Å². The standard InChI is InChI=1S/C24H26N2O2/c1-25(22-10-4-3-5-11-22)16-8-9-20-12-14-21(15-13-20)19-23(24(27)28-2)26-17-6-7-18-26/h3-15,17-18,23H,16,19H2,1-2H3/t23-/m0/s1. The SMILES string of the molecule is COC(=O)[C@H](Cc1ccc(C=CCN(C)c2ccccc2)cc1)n1cccc1. The number of rotatable bonds is 8. The smallest absolute Gasteiger partial charge is 0.329 e. The number of benzene rings is 2. The Hall–Kier alpha value is -3.27. The van der Waals surface area contributed by atoms with Crippen LogP contribution in [-0.2, 0) is 16.0 Å². The number of para-hydroxylation sites is 1.